The van der Waals surface area contributed by atoms with E-state index >= 15 is 0 Å². The van der Waals surface area contributed by atoms with Gasteiger partial charge in [0.1, 0.15) is 0 Å². The summed E-state index contributed by atoms with van der Waals surface area (Å²) in [5.41, 5.74) is 3.52. The number of ether oxygens (including phenoxy) is 2. The first-order valence-corrected chi connectivity index (χ1v) is 7.32. The highest BCUT2D eigenvalue weighted by Crippen LogP contribution is 2.37. The van der Waals surface area contributed by atoms with E-state index in [1.165, 1.54) is 0 Å². The number of rotatable bonds is 2. The second-order valence-corrected chi connectivity index (χ2v) is 5.74. The van der Waals surface area contributed by atoms with Crippen LogP contribution in [-0.2, 0) is 0 Å². The zero-order chi connectivity index (χ0) is 15.0. The van der Waals surface area contributed by atoms with Gasteiger partial charge in [0, 0.05) is 10.2 Å². The van der Waals surface area contributed by atoms with Crippen LogP contribution in [-0.4, -0.2) is 12.7 Å². The van der Waals surface area contributed by atoms with Gasteiger partial charge in [0.05, 0.1) is 5.56 Å². The Morgan fingerprint density at radius 3 is 2.67 bits per heavy atom. The highest BCUT2D eigenvalue weighted by atomic mass is 79.9. The average Bonchev–Trinajstić information content (AvgIpc) is 2.90. The number of anilines is 1. The van der Waals surface area contributed by atoms with Gasteiger partial charge in [-0.15, -0.1) is 0 Å². The molecule has 0 saturated heterocycles. The molecule has 5 heteroatoms. The predicted molar refractivity (Wildman–Crippen MR) is 84.1 cm³/mol. The lowest BCUT2D eigenvalue weighted by molar-refractivity contribution is 0.102. The number of halogens is 1. The Kier molecular flexibility index (Phi) is 3.59. The number of fused-ring (bicyclic) bond motifs is 1. The summed E-state index contributed by atoms with van der Waals surface area (Å²) in [6, 6.07) is 9.27. The molecule has 0 spiro atoms. The third kappa shape index (κ3) is 2.61. The minimum Gasteiger partial charge on any atom is -0.454 e. The zero-order valence-electron chi connectivity index (χ0n) is 11.7. The van der Waals surface area contributed by atoms with Crippen molar-refractivity contribution in [3.8, 4) is 11.5 Å². The van der Waals surface area contributed by atoms with Crippen LogP contribution in [0.15, 0.2) is 34.8 Å². The number of benzene rings is 2. The van der Waals surface area contributed by atoms with E-state index in [-0.39, 0.29) is 12.7 Å². The van der Waals surface area contributed by atoms with Gasteiger partial charge in [-0.25, -0.2) is 0 Å². The smallest absolute Gasteiger partial charge is 0.256 e. The van der Waals surface area contributed by atoms with E-state index in [1.54, 1.807) is 12.1 Å². The van der Waals surface area contributed by atoms with Crippen molar-refractivity contribution in [1.82, 2.24) is 0 Å². The van der Waals surface area contributed by atoms with Crippen LogP contribution < -0.4 is 14.8 Å². The number of aryl methyl sites for hydroxylation is 1. The van der Waals surface area contributed by atoms with Gasteiger partial charge in [-0.2, -0.15) is 0 Å². The summed E-state index contributed by atoms with van der Waals surface area (Å²) in [5.74, 6) is 1.04. The molecular formula is C16H14BrNO3. The Labute approximate surface area is 131 Å². The van der Waals surface area contributed by atoms with Gasteiger partial charge in [0.15, 0.2) is 11.5 Å². The molecule has 0 radical (unpaired) electrons. The fourth-order valence-corrected chi connectivity index (χ4v) is 2.67. The lowest BCUT2D eigenvalue weighted by Crippen LogP contribution is -2.13. The van der Waals surface area contributed by atoms with Crippen molar-refractivity contribution in [2.45, 2.75) is 13.8 Å². The molecule has 1 aliphatic heterocycles. The summed E-state index contributed by atoms with van der Waals surface area (Å²) < 4.78 is 11.3. The van der Waals surface area contributed by atoms with Crippen LogP contribution in [0.3, 0.4) is 0 Å². The Bertz CT molecular complexity index is 728. The van der Waals surface area contributed by atoms with Gasteiger partial charge in [-0.05, 0) is 59.1 Å². The molecule has 2 aromatic carbocycles. The molecule has 21 heavy (non-hydrogen) atoms. The molecule has 0 aliphatic carbocycles. The van der Waals surface area contributed by atoms with E-state index in [2.05, 4.69) is 21.2 Å². The SMILES string of the molecule is Cc1cccc(NC(=O)c2cc3c(cc2Br)OCO3)c1C. The maximum Gasteiger partial charge on any atom is 0.256 e. The summed E-state index contributed by atoms with van der Waals surface area (Å²) in [6.45, 7) is 4.19. The van der Waals surface area contributed by atoms with E-state index in [4.69, 9.17) is 9.47 Å². The zero-order valence-corrected chi connectivity index (χ0v) is 13.3. The molecule has 108 valence electrons. The summed E-state index contributed by atoms with van der Waals surface area (Å²) in [6.07, 6.45) is 0. The van der Waals surface area contributed by atoms with Gasteiger partial charge in [0.2, 0.25) is 6.79 Å². The third-order valence-corrected chi connectivity index (χ3v) is 4.22. The molecule has 4 nitrogen and oxygen atoms in total. The van der Waals surface area contributed by atoms with E-state index in [1.807, 2.05) is 32.0 Å². The number of nitrogens with one attached hydrogen (secondary N) is 1. The quantitative estimate of drug-likeness (QED) is 0.891. The van der Waals surface area contributed by atoms with Crippen LogP contribution in [0.4, 0.5) is 5.69 Å². The van der Waals surface area contributed by atoms with Gasteiger partial charge >= 0.3 is 0 Å². The van der Waals surface area contributed by atoms with Gasteiger partial charge in [0.25, 0.3) is 5.91 Å². The highest BCUT2D eigenvalue weighted by Gasteiger charge is 2.20. The van der Waals surface area contributed by atoms with Crippen molar-refractivity contribution in [2.75, 3.05) is 12.1 Å². The molecule has 0 bridgehead atoms. The fraction of sp³-hybridized carbons (Fsp3) is 0.188. The van der Waals surface area contributed by atoms with Crippen molar-refractivity contribution in [2.24, 2.45) is 0 Å². The molecule has 0 saturated carbocycles. The van der Waals surface area contributed by atoms with E-state index in [0.717, 1.165) is 16.8 Å². The lowest BCUT2D eigenvalue weighted by Gasteiger charge is -2.11. The number of amides is 1. The normalized spacial score (nSPS) is 12.3. The standard InChI is InChI=1S/C16H14BrNO3/c1-9-4-3-5-13(10(9)2)18-16(19)11-6-14-15(7-12(11)17)21-8-20-14/h3-7H,8H2,1-2H3,(H,18,19). The van der Waals surface area contributed by atoms with Crippen LogP contribution in [0.1, 0.15) is 21.5 Å². The van der Waals surface area contributed by atoms with Crippen molar-refractivity contribution in [3.63, 3.8) is 0 Å². The number of hydrogen-bond donors (Lipinski definition) is 1. The minimum absolute atomic E-state index is 0.184. The van der Waals surface area contributed by atoms with Crippen LogP contribution in [0.25, 0.3) is 0 Å². The summed E-state index contributed by atoms with van der Waals surface area (Å²) in [4.78, 5) is 12.5. The molecule has 2 aromatic rings. The van der Waals surface area contributed by atoms with Crippen molar-refractivity contribution < 1.29 is 14.3 Å². The molecule has 1 aliphatic rings. The predicted octanol–water partition coefficient (Wildman–Crippen LogP) is 4.05. The Hall–Kier alpha value is -2.01. The van der Waals surface area contributed by atoms with Crippen molar-refractivity contribution >= 4 is 27.5 Å². The van der Waals surface area contributed by atoms with Gasteiger partial charge in [-0.1, -0.05) is 12.1 Å². The second-order valence-electron chi connectivity index (χ2n) is 4.89. The Morgan fingerprint density at radius 2 is 1.90 bits per heavy atom. The third-order valence-electron chi connectivity index (χ3n) is 3.56. The van der Waals surface area contributed by atoms with Crippen molar-refractivity contribution in [3.05, 3.63) is 51.5 Å². The molecule has 0 fully saturated rings. The minimum atomic E-state index is -0.186. The molecule has 0 unspecified atom stereocenters. The highest BCUT2D eigenvalue weighted by molar-refractivity contribution is 9.10. The van der Waals surface area contributed by atoms with Gasteiger partial charge < -0.3 is 14.8 Å². The molecule has 0 aromatic heterocycles. The van der Waals surface area contributed by atoms with Crippen LogP contribution in [0.5, 0.6) is 11.5 Å². The van der Waals surface area contributed by atoms with E-state index in [9.17, 15) is 4.79 Å². The molecular weight excluding hydrogens is 334 g/mol. The largest absolute Gasteiger partial charge is 0.454 e. The summed E-state index contributed by atoms with van der Waals surface area (Å²) >= 11 is 3.40. The molecule has 1 heterocycles. The summed E-state index contributed by atoms with van der Waals surface area (Å²) in [5, 5.41) is 2.93. The monoisotopic (exact) mass is 347 g/mol. The maximum absolute atomic E-state index is 12.5. The van der Waals surface area contributed by atoms with Crippen LogP contribution in [0.2, 0.25) is 0 Å². The lowest BCUT2D eigenvalue weighted by atomic mass is 10.1. The fourth-order valence-electron chi connectivity index (χ4n) is 2.17. The topological polar surface area (TPSA) is 47.6 Å². The molecule has 0 atom stereocenters. The van der Waals surface area contributed by atoms with Crippen molar-refractivity contribution in [1.29, 1.82) is 0 Å². The molecule has 3 rings (SSSR count). The second kappa shape index (κ2) is 5.41. The number of hydrogen-bond acceptors (Lipinski definition) is 3. The average molecular weight is 348 g/mol. The van der Waals surface area contributed by atoms with E-state index in [0.29, 0.717) is 21.5 Å². The Balaban J connectivity index is 1.91. The first-order valence-electron chi connectivity index (χ1n) is 6.53. The Morgan fingerprint density at radius 1 is 1.19 bits per heavy atom. The number of carbonyl (C=O) groups excluding carboxylic acids is 1. The van der Waals surface area contributed by atoms with Gasteiger partial charge in [-0.3, -0.25) is 4.79 Å². The number of carbonyl (C=O) groups is 1. The first-order chi connectivity index (χ1) is 10.1. The van der Waals surface area contributed by atoms with E-state index < -0.39 is 0 Å². The first kappa shape index (κ1) is 13.9. The maximum atomic E-state index is 12.5. The molecule has 1 amide bonds. The molecule has 1 N–H and O–H groups in total. The van der Waals surface area contributed by atoms with Crippen LogP contribution >= 0.6 is 15.9 Å². The van der Waals surface area contributed by atoms with Crippen LogP contribution in [0, 0.1) is 13.8 Å². The summed E-state index contributed by atoms with van der Waals surface area (Å²) in [7, 11) is 0.